The minimum Gasteiger partial charge on any atom is -0.363 e. The molecule has 0 amide bonds. The summed E-state index contributed by atoms with van der Waals surface area (Å²) in [6.45, 7) is 6.58. The largest absolute Gasteiger partial charge is 0.395 e. The maximum Gasteiger partial charge on any atom is 0.395 e. The van der Waals surface area contributed by atoms with Crippen LogP contribution in [0.2, 0.25) is 0 Å². The van der Waals surface area contributed by atoms with Gasteiger partial charge in [-0.1, -0.05) is 14.9 Å². The maximum atomic E-state index is 10.9. The number of halogens is 1. The Hall–Kier alpha value is 0.170. The van der Waals surface area contributed by atoms with Crippen molar-refractivity contribution in [2.24, 2.45) is 0 Å². The first-order valence-electron chi connectivity index (χ1n) is 4.67. The second-order valence-corrected chi connectivity index (χ2v) is 7.72. The lowest BCUT2D eigenvalue weighted by Gasteiger charge is -2.07. The highest BCUT2D eigenvalue weighted by Gasteiger charge is 2.27. The van der Waals surface area contributed by atoms with Crippen molar-refractivity contribution in [3.63, 3.8) is 0 Å². The lowest BCUT2D eigenvalue weighted by atomic mass is 10.9. The van der Waals surface area contributed by atoms with E-state index in [4.69, 9.17) is 4.52 Å². The summed E-state index contributed by atoms with van der Waals surface area (Å²) >= 11 is 4.64. The second kappa shape index (κ2) is 19.2. The molecule has 0 saturated heterocycles. The van der Waals surface area contributed by atoms with E-state index in [1.165, 1.54) is 21.1 Å². The molecule has 0 rings (SSSR count). The van der Waals surface area contributed by atoms with Crippen molar-refractivity contribution < 1.29 is 27.7 Å². The SMILES string of the molecule is C.C.CC(=O)Cl.COP(=O)(OC)C(C)=O.COP(C)C. The van der Waals surface area contributed by atoms with Crippen LogP contribution in [0, 0.1) is 0 Å². The molecule has 20 heavy (non-hydrogen) atoms. The Morgan fingerprint density at radius 1 is 1.00 bits per heavy atom. The van der Waals surface area contributed by atoms with E-state index in [9.17, 15) is 14.2 Å². The molecule has 0 unspecified atom stereocenters. The summed E-state index contributed by atoms with van der Waals surface area (Å²) in [6.07, 6.45) is 0. The van der Waals surface area contributed by atoms with Gasteiger partial charge in [-0.25, -0.2) is 0 Å². The van der Waals surface area contributed by atoms with Crippen LogP contribution < -0.4 is 0 Å². The highest BCUT2D eigenvalue weighted by Crippen LogP contribution is 2.46. The van der Waals surface area contributed by atoms with E-state index in [-0.39, 0.29) is 28.2 Å². The minimum atomic E-state index is -3.39. The zero-order chi connectivity index (χ0) is 15.4. The zero-order valence-electron chi connectivity index (χ0n) is 11.7. The predicted octanol–water partition coefficient (Wildman–Crippen LogP) is 4.35. The van der Waals surface area contributed by atoms with Gasteiger partial charge >= 0.3 is 7.60 Å². The average molecular weight is 355 g/mol. The first-order valence-corrected chi connectivity index (χ1v) is 8.74. The highest BCUT2D eigenvalue weighted by molar-refractivity contribution is 7.71. The fourth-order valence-electron chi connectivity index (χ4n) is 0.332. The van der Waals surface area contributed by atoms with Crippen molar-refractivity contribution in [2.45, 2.75) is 28.7 Å². The highest BCUT2D eigenvalue weighted by atomic mass is 35.5. The fraction of sp³-hybridized carbons (Fsp3) is 0.818. The van der Waals surface area contributed by atoms with E-state index in [0.717, 1.165) is 6.92 Å². The summed E-state index contributed by atoms with van der Waals surface area (Å²) in [5.41, 5.74) is -0.576. The molecule has 6 nitrogen and oxygen atoms in total. The Bertz CT molecular complexity index is 272. The average Bonchev–Trinajstić information content (AvgIpc) is 2.27. The molecule has 0 aliphatic carbocycles. The molecule has 0 atom stereocenters. The lowest BCUT2D eigenvalue weighted by Crippen LogP contribution is -1.97. The molecule has 0 saturated carbocycles. The molecule has 0 N–H and O–H groups in total. The Balaban J connectivity index is -0.0000000591. The van der Waals surface area contributed by atoms with Crippen molar-refractivity contribution in [3.8, 4) is 0 Å². The first kappa shape index (κ1) is 32.2. The van der Waals surface area contributed by atoms with Gasteiger partial charge in [0.05, 0.1) is 0 Å². The molecule has 0 radical (unpaired) electrons. The second-order valence-electron chi connectivity index (χ2n) is 2.85. The number of carbonyl (C=O) groups is 2. The molecule has 0 aromatic carbocycles. The summed E-state index contributed by atoms with van der Waals surface area (Å²) in [5.74, 6) is 0. The van der Waals surface area contributed by atoms with Crippen LogP contribution in [0.4, 0.5) is 0 Å². The Labute approximate surface area is 129 Å². The van der Waals surface area contributed by atoms with Crippen LogP contribution in [-0.2, 0) is 27.7 Å². The number of carbonyl (C=O) groups excluding carboxylic acids is 2. The van der Waals surface area contributed by atoms with E-state index >= 15 is 0 Å². The van der Waals surface area contributed by atoms with E-state index in [1.807, 2.05) is 0 Å². The number of hydrogen-bond donors (Lipinski definition) is 0. The molecule has 0 bridgehead atoms. The summed E-state index contributed by atoms with van der Waals surface area (Å²) in [7, 11) is 0.582. The molecular formula is C11H29ClO6P2. The first-order chi connectivity index (χ1) is 8.07. The quantitative estimate of drug-likeness (QED) is 0.551. The van der Waals surface area contributed by atoms with Crippen molar-refractivity contribution in [3.05, 3.63) is 0 Å². The van der Waals surface area contributed by atoms with Gasteiger partial charge in [0.1, 0.15) is 0 Å². The van der Waals surface area contributed by atoms with E-state index < -0.39 is 13.1 Å². The third kappa shape index (κ3) is 26.7. The Morgan fingerprint density at radius 3 is 1.20 bits per heavy atom. The standard InChI is InChI=1S/C4H9O4P.C3H9OP.C2H3ClO.2CH4/c1-4(5)9(6,7-2)8-3;1-4-5(2)3;1-2(3)4;;/h1-3H3;1-3H3;1H3;2*1H4. The molecule has 0 aromatic heterocycles. The third-order valence-electron chi connectivity index (χ3n) is 1.23. The van der Waals surface area contributed by atoms with Crippen molar-refractivity contribution in [1.29, 1.82) is 0 Å². The predicted molar refractivity (Wildman–Crippen MR) is 88.1 cm³/mol. The summed E-state index contributed by atoms with van der Waals surface area (Å²) < 4.78 is 24.3. The summed E-state index contributed by atoms with van der Waals surface area (Å²) in [6, 6.07) is 0. The van der Waals surface area contributed by atoms with Gasteiger partial charge in [0.15, 0.2) is 0 Å². The van der Waals surface area contributed by atoms with E-state index in [0.29, 0.717) is 0 Å². The van der Waals surface area contributed by atoms with E-state index in [2.05, 4.69) is 34.0 Å². The fourth-order valence-corrected chi connectivity index (χ4v) is 0.995. The van der Waals surface area contributed by atoms with Gasteiger partial charge in [-0.2, -0.15) is 0 Å². The third-order valence-corrected chi connectivity index (χ3v) is 3.69. The molecule has 0 spiro atoms. The van der Waals surface area contributed by atoms with Crippen LogP contribution in [-0.4, -0.2) is 45.4 Å². The monoisotopic (exact) mass is 354 g/mol. The molecule has 0 fully saturated rings. The van der Waals surface area contributed by atoms with Crippen LogP contribution in [0.5, 0.6) is 0 Å². The summed E-state index contributed by atoms with van der Waals surface area (Å²) in [5, 5.41) is -0.361. The molecular weight excluding hydrogens is 326 g/mol. The van der Waals surface area contributed by atoms with Crippen molar-refractivity contribution in [1.82, 2.24) is 0 Å². The Kier molecular flexibility index (Phi) is 30.9. The molecule has 126 valence electrons. The topological polar surface area (TPSA) is 78.9 Å². The van der Waals surface area contributed by atoms with Crippen LogP contribution in [0.1, 0.15) is 28.7 Å². The smallest absolute Gasteiger partial charge is 0.363 e. The van der Waals surface area contributed by atoms with Gasteiger partial charge in [0.2, 0.25) is 10.8 Å². The lowest BCUT2D eigenvalue weighted by molar-refractivity contribution is -0.112. The van der Waals surface area contributed by atoms with Crippen molar-refractivity contribution in [2.75, 3.05) is 34.7 Å². The molecule has 0 aliphatic heterocycles. The van der Waals surface area contributed by atoms with Gasteiger partial charge in [0, 0.05) is 43.3 Å². The van der Waals surface area contributed by atoms with E-state index in [1.54, 1.807) is 7.11 Å². The minimum absolute atomic E-state index is 0. The van der Waals surface area contributed by atoms with Crippen molar-refractivity contribution >= 4 is 38.1 Å². The molecule has 0 aromatic rings. The normalized spacial score (nSPS) is 8.85. The van der Waals surface area contributed by atoms with Gasteiger partial charge in [-0.05, 0) is 24.9 Å². The molecule has 0 aliphatic rings. The Morgan fingerprint density at radius 2 is 1.20 bits per heavy atom. The molecule has 0 heterocycles. The van der Waals surface area contributed by atoms with Crippen LogP contribution in [0.25, 0.3) is 0 Å². The van der Waals surface area contributed by atoms with Gasteiger partial charge in [-0.3, -0.25) is 14.2 Å². The van der Waals surface area contributed by atoms with Gasteiger partial charge in [-0.15, -0.1) is 0 Å². The number of hydrogen-bond acceptors (Lipinski definition) is 6. The van der Waals surface area contributed by atoms with Crippen LogP contribution in [0.3, 0.4) is 0 Å². The van der Waals surface area contributed by atoms with Crippen LogP contribution in [0.15, 0.2) is 0 Å². The molecule has 9 heteroatoms. The van der Waals surface area contributed by atoms with Gasteiger partial charge < -0.3 is 13.6 Å². The van der Waals surface area contributed by atoms with Gasteiger partial charge in [0.25, 0.3) is 0 Å². The maximum absolute atomic E-state index is 10.9. The van der Waals surface area contributed by atoms with Crippen LogP contribution >= 0.6 is 27.3 Å². The number of rotatable bonds is 4. The zero-order valence-corrected chi connectivity index (χ0v) is 14.3. The summed E-state index contributed by atoms with van der Waals surface area (Å²) in [4.78, 5) is 19.6.